The van der Waals surface area contributed by atoms with Crippen molar-refractivity contribution < 1.29 is 9.53 Å². The molecule has 0 radical (unpaired) electrons. The summed E-state index contributed by atoms with van der Waals surface area (Å²) in [6, 6.07) is 6.22. The van der Waals surface area contributed by atoms with E-state index in [-0.39, 0.29) is 11.8 Å². The van der Waals surface area contributed by atoms with Gasteiger partial charge in [-0.2, -0.15) is 0 Å². The molecule has 1 aliphatic rings. The summed E-state index contributed by atoms with van der Waals surface area (Å²) in [5.41, 5.74) is 9.05. The minimum Gasteiger partial charge on any atom is -0.496 e. The number of thiazole rings is 1. The Morgan fingerprint density at radius 2 is 2.15 bits per heavy atom. The number of nitrogen functional groups attached to an aromatic ring is 1. The predicted octanol–water partition coefficient (Wildman–Crippen LogP) is 2.73. The lowest BCUT2D eigenvalue weighted by molar-refractivity contribution is -0.121. The lowest BCUT2D eigenvalue weighted by atomic mass is 9.92. The van der Waals surface area contributed by atoms with Gasteiger partial charge in [0.1, 0.15) is 5.75 Å². The maximum atomic E-state index is 12.2. The van der Waals surface area contributed by atoms with Crippen molar-refractivity contribution in [1.82, 2.24) is 15.2 Å². The summed E-state index contributed by atoms with van der Waals surface area (Å²) in [4.78, 5) is 20.0. The molecule has 3 rings (SSSR count). The first-order valence-electron chi connectivity index (χ1n) is 8.96. The Balaban J connectivity index is 2.01. The van der Waals surface area contributed by atoms with Crippen LogP contribution in [0.2, 0.25) is 0 Å². The van der Waals surface area contributed by atoms with Crippen LogP contribution in [0.3, 0.4) is 0 Å². The molecule has 1 aliphatic heterocycles. The summed E-state index contributed by atoms with van der Waals surface area (Å²) in [5, 5.41) is 3.47. The molecule has 0 spiro atoms. The molecule has 1 atom stereocenters. The number of ether oxygens (including phenoxy) is 1. The molecule has 0 fully saturated rings. The van der Waals surface area contributed by atoms with E-state index in [1.165, 1.54) is 11.3 Å². The highest BCUT2D eigenvalue weighted by atomic mass is 32.1. The van der Waals surface area contributed by atoms with Gasteiger partial charge < -0.3 is 15.8 Å². The van der Waals surface area contributed by atoms with Gasteiger partial charge in [0, 0.05) is 29.3 Å². The third-order valence-corrected chi connectivity index (χ3v) is 5.94. The molecular formula is C19H26N4O2S. The summed E-state index contributed by atoms with van der Waals surface area (Å²) in [5.74, 6) is 0.895. The fourth-order valence-corrected chi connectivity index (χ4v) is 4.39. The van der Waals surface area contributed by atoms with Gasteiger partial charge in [-0.05, 0) is 24.7 Å². The number of carbonyl (C=O) groups excluding carboxylic acids is 1. The normalized spacial score (nSPS) is 16.9. The number of aromatic nitrogens is 1. The van der Waals surface area contributed by atoms with E-state index in [0.29, 0.717) is 18.1 Å². The summed E-state index contributed by atoms with van der Waals surface area (Å²) in [7, 11) is 1.70. The summed E-state index contributed by atoms with van der Waals surface area (Å²) in [6.07, 6.45) is 0.408. The second kappa shape index (κ2) is 8.05. The van der Waals surface area contributed by atoms with Crippen LogP contribution in [0.25, 0.3) is 0 Å². The molecule has 0 aliphatic carbocycles. The van der Waals surface area contributed by atoms with Gasteiger partial charge in [0.15, 0.2) is 5.13 Å². The number of carbonyl (C=O) groups is 1. The van der Waals surface area contributed by atoms with Crippen molar-refractivity contribution in [3.05, 3.63) is 39.9 Å². The zero-order valence-electron chi connectivity index (χ0n) is 15.5. The standard InChI is InChI=1S/C19H26N4O2S/c1-4-23(5-2)11-13-8-12(6-7-16(13)25-3)14-9-17(24)21-10-15-18(14)26-19(20)22-15/h6-8,14H,4-5,9-11H2,1-3H3,(H2,20,22)(H,21,24)/t14-/m0/s1. The molecule has 140 valence electrons. The molecule has 0 unspecified atom stereocenters. The van der Waals surface area contributed by atoms with Crippen LogP contribution < -0.4 is 15.8 Å². The first kappa shape index (κ1) is 18.7. The highest BCUT2D eigenvalue weighted by Crippen LogP contribution is 2.38. The van der Waals surface area contributed by atoms with Gasteiger partial charge in [-0.15, -0.1) is 11.3 Å². The molecular weight excluding hydrogens is 348 g/mol. The Kier molecular flexibility index (Phi) is 5.78. The molecule has 2 heterocycles. The Labute approximate surface area is 158 Å². The number of nitrogens with one attached hydrogen (secondary N) is 1. The molecule has 1 amide bonds. The minimum absolute atomic E-state index is 0.0244. The first-order chi connectivity index (χ1) is 12.5. The number of fused-ring (bicyclic) bond motifs is 1. The largest absolute Gasteiger partial charge is 0.496 e. The van der Waals surface area contributed by atoms with E-state index in [2.05, 4.69) is 35.1 Å². The van der Waals surface area contributed by atoms with Gasteiger partial charge in [-0.3, -0.25) is 9.69 Å². The Morgan fingerprint density at radius 1 is 1.38 bits per heavy atom. The van der Waals surface area contributed by atoms with Crippen molar-refractivity contribution >= 4 is 22.4 Å². The Morgan fingerprint density at radius 3 is 2.85 bits per heavy atom. The van der Waals surface area contributed by atoms with Crippen molar-refractivity contribution in [2.75, 3.05) is 25.9 Å². The summed E-state index contributed by atoms with van der Waals surface area (Å²) < 4.78 is 5.56. The average Bonchev–Trinajstić information content (AvgIpc) is 2.95. The van der Waals surface area contributed by atoms with E-state index in [9.17, 15) is 4.79 Å². The first-order valence-corrected chi connectivity index (χ1v) is 9.78. The average molecular weight is 375 g/mol. The Hall–Kier alpha value is -2.12. The highest BCUT2D eigenvalue weighted by molar-refractivity contribution is 7.15. The third-order valence-electron chi connectivity index (χ3n) is 4.90. The zero-order chi connectivity index (χ0) is 18.7. The van der Waals surface area contributed by atoms with Crippen LogP contribution in [0, 0.1) is 0 Å². The smallest absolute Gasteiger partial charge is 0.221 e. The van der Waals surface area contributed by atoms with Crippen LogP contribution in [0.15, 0.2) is 18.2 Å². The third kappa shape index (κ3) is 3.83. The van der Waals surface area contributed by atoms with Crippen molar-refractivity contribution in [3.63, 3.8) is 0 Å². The van der Waals surface area contributed by atoms with Crippen molar-refractivity contribution in [2.24, 2.45) is 0 Å². The van der Waals surface area contributed by atoms with Crippen molar-refractivity contribution in [2.45, 2.75) is 39.3 Å². The van der Waals surface area contributed by atoms with Crippen molar-refractivity contribution in [1.29, 1.82) is 0 Å². The summed E-state index contributed by atoms with van der Waals surface area (Å²) >= 11 is 1.48. The van der Waals surface area contributed by atoms with Gasteiger partial charge in [0.2, 0.25) is 5.91 Å². The van der Waals surface area contributed by atoms with Crippen molar-refractivity contribution in [3.8, 4) is 5.75 Å². The van der Waals surface area contributed by atoms with Gasteiger partial charge >= 0.3 is 0 Å². The number of hydrogen-bond donors (Lipinski definition) is 2. The number of rotatable bonds is 6. The molecule has 0 saturated carbocycles. The van der Waals surface area contributed by atoms with E-state index in [4.69, 9.17) is 10.5 Å². The second-order valence-corrected chi connectivity index (χ2v) is 7.49. The fourth-order valence-electron chi connectivity index (χ4n) is 3.41. The van der Waals surface area contributed by atoms with Gasteiger partial charge in [0.05, 0.1) is 19.3 Å². The van der Waals surface area contributed by atoms with Crippen LogP contribution in [0.4, 0.5) is 5.13 Å². The molecule has 7 heteroatoms. The molecule has 1 aromatic carbocycles. The van der Waals surface area contributed by atoms with E-state index in [1.54, 1.807) is 7.11 Å². The number of nitrogens with two attached hydrogens (primary N) is 1. The molecule has 26 heavy (non-hydrogen) atoms. The topological polar surface area (TPSA) is 80.5 Å². The maximum Gasteiger partial charge on any atom is 0.221 e. The van der Waals surface area contributed by atoms with Crippen LogP contribution in [-0.4, -0.2) is 36.0 Å². The van der Waals surface area contributed by atoms with Gasteiger partial charge in [-0.25, -0.2) is 4.98 Å². The van der Waals surface area contributed by atoms with E-state index in [0.717, 1.165) is 47.1 Å². The minimum atomic E-state index is -0.0244. The highest BCUT2D eigenvalue weighted by Gasteiger charge is 2.28. The lowest BCUT2D eigenvalue weighted by Gasteiger charge is -2.22. The van der Waals surface area contributed by atoms with E-state index < -0.39 is 0 Å². The predicted molar refractivity (Wildman–Crippen MR) is 104 cm³/mol. The number of methoxy groups -OCH3 is 1. The van der Waals surface area contributed by atoms with E-state index >= 15 is 0 Å². The maximum absolute atomic E-state index is 12.2. The van der Waals surface area contributed by atoms with Gasteiger partial charge in [0.25, 0.3) is 0 Å². The molecule has 0 bridgehead atoms. The number of nitrogens with zero attached hydrogens (tertiary/aromatic N) is 2. The molecule has 1 aromatic heterocycles. The van der Waals surface area contributed by atoms with Crippen LogP contribution in [0.1, 0.15) is 47.9 Å². The quantitative estimate of drug-likeness (QED) is 0.813. The van der Waals surface area contributed by atoms with Crippen LogP contribution >= 0.6 is 11.3 Å². The van der Waals surface area contributed by atoms with Crippen LogP contribution in [0.5, 0.6) is 5.75 Å². The van der Waals surface area contributed by atoms with Crippen LogP contribution in [-0.2, 0) is 17.9 Å². The lowest BCUT2D eigenvalue weighted by Crippen LogP contribution is -2.23. The summed E-state index contributed by atoms with van der Waals surface area (Å²) in [6.45, 7) is 7.53. The zero-order valence-corrected chi connectivity index (χ0v) is 16.4. The molecule has 2 aromatic rings. The number of hydrogen-bond acceptors (Lipinski definition) is 6. The molecule has 3 N–H and O–H groups in total. The van der Waals surface area contributed by atoms with E-state index in [1.807, 2.05) is 12.1 Å². The molecule has 0 saturated heterocycles. The Bertz CT molecular complexity index is 786. The fraction of sp³-hybridized carbons (Fsp3) is 0.474. The number of amides is 1. The SMILES string of the molecule is CCN(CC)Cc1cc([C@@H]2CC(=O)NCc3nc(N)sc32)ccc1OC. The van der Waals surface area contributed by atoms with Gasteiger partial charge in [-0.1, -0.05) is 26.0 Å². The number of benzene rings is 1. The monoisotopic (exact) mass is 374 g/mol. The second-order valence-electron chi connectivity index (χ2n) is 6.43. The molecule has 6 nitrogen and oxygen atoms in total. The number of anilines is 1.